The fourth-order valence-electron chi connectivity index (χ4n) is 3.55. The number of Topliss-reactive ketones (excluding diaryl/α,β-unsaturated/α-hetero) is 1. The quantitative estimate of drug-likeness (QED) is 0.256. The van der Waals surface area contributed by atoms with Gasteiger partial charge in [-0.15, -0.1) is 0 Å². The molecule has 0 unspecified atom stereocenters. The van der Waals surface area contributed by atoms with Crippen molar-refractivity contribution in [2.45, 2.75) is 71.7 Å². The first-order valence-electron chi connectivity index (χ1n) is 11.1. The molecule has 1 heterocycles. The van der Waals surface area contributed by atoms with Crippen molar-refractivity contribution in [3.63, 3.8) is 0 Å². The van der Waals surface area contributed by atoms with Gasteiger partial charge in [-0.2, -0.15) is 0 Å². The van der Waals surface area contributed by atoms with Crippen LogP contribution >= 0.6 is 0 Å². The van der Waals surface area contributed by atoms with Gasteiger partial charge in [0.2, 0.25) is 12.4 Å². The molecule has 1 aliphatic heterocycles. The highest BCUT2D eigenvalue weighted by molar-refractivity contribution is 5.96. The Balaban J connectivity index is 2.52. The zero-order chi connectivity index (χ0) is 27.0. The van der Waals surface area contributed by atoms with E-state index in [0.29, 0.717) is 5.56 Å². The Morgan fingerprint density at radius 3 is 1.92 bits per heavy atom. The molecular weight excluding hydrogens is 480 g/mol. The van der Waals surface area contributed by atoms with Crippen LogP contribution < -0.4 is 9.47 Å². The van der Waals surface area contributed by atoms with E-state index in [-0.39, 0.29) is 23.7 Å². The molecule has 12 heteroatoms. The Kier molecular flexibility index (Phi) is 10.2. The molecule has 1 aliphatic rings. The van der Waals surface area contributed by atoms with Crippen LogP contribution in [0.15, 0.2) is 18.2 Å². The molecule has 1 aromatic rings. The maximum atomic E-state index is 12.1. The Labute approximate surface area is 208 Å². The molecule has 1 fully saturated rings. The molecule has 2 rings (SSSR count). The van der Waals surface area contributed by atoms with Gasteiger partial charge >= 0.3 is 23.9 Å². The molecule has 0 spiro atoms. The van der Waals surface area contributed by atoms with Gasteiger partial charge in [0.25, 0.3) is 0 Å². The third kappa shape index (κ3) is 7.67. The summed E-state index contributed by atoms with van der Waals surface area (Å²) in [5, 5.41) is 0. The molecule has 0 aliphatic carbocycles. The van der Waals surface area contributed by atoms with Gasteiger partial charge in [0.05, 0.1) is 7.11 Å². The summed E-state index contributed by atoms with van der Waals surface area (Å²) in [5.74, 6) is -2.72. The monoisotopic (exact) mass is 510 g/mol. The van der Waals surface area contributed by atoms with Crippen LogP contribution in [0.2, 0.25) is 0 Å². The van der Waals surface area contributed by atoms with Crippen LogP contribution in [0.1, 0.15) is 51.4 Å². The molecule has 12 nitrogen and oxygen atoms in total. The third-order valence-electron chi connectivity index (χ3n) is 5.00. The Hall–Kier alpha value is -3.67. The van der Waals surface area contributed by atoms with Crippen LogP contribution in [0, 0.1) is 0 Å². The molecular formula is C24H30O12. The molecule has 0 amide bonds. The lowest BCUT2D eigenvalue weighted by Gasteiger charge is -2.44. The first kappa shape index (κ1) is 28.6. The fourth-order valence-corrected chi connectivity index (χ4v) is 3.55. The molecule has 198 valence electrons. The van der Waals surface area contributed by atoms with Gasteiger partial charge in [-0.05, 0) is 18.2 Å². The maximum Gasteiger partial charge on any atom is 0.303 e. The summed E-state index contributed by atoms with van der Waals surface area (Å²) >= 11 is 0. The van der Waals surface area contributed by atoms with Gasteiger partial charge in [0.15, 0.2) is 29.5 Å². The lowest BCUT2D eigenvalue weighted by Crippen LogP contribution is -2.63. The minimum atomic E-state index is -1.42. The molecule has 0 N–H and O–H groups in total. The van der Waals surface area contributed by atoms with Crippen molar-refractivity contribution < 1.29 is 57.1 Å². The van der Waals surface area contributed by atoms with E-state index >= 15 is 0 Å². The van der Waals surface area contributed by atoms with Gasteiger partial charge in [0.1, 0.15) is 12.7 Å². The number of ether oxygens (including phenoxy) is 7. The highest BCUT2D eigenvalue weighted by atomic mass is 16.7. The SMILES string of the molecule is CCC(=O)c1ccc(O[C@H]2O[C@H](COC(C)=O)[C@@H](OC(C)=O)[C@H](OC(C)=O)[C@H]2OC(C)=O)c(OC)c1. The number of esters is 4. The zero-order valence-corrected chi connectivity index (χ0v) is 20.9. The van der Waals surface area contributed by atoms with Crippen LogP contribution in [-0.2, 0) is 42.9 Å². The van der Waals surface area contributed by atoms with Gasteiger partial charge in [0, 0.05) is 39.7 Å². The van der Waals surface area contributed by atoms with Crippen LogP contribution in [0.5, 0.6) is 11.5 Å². The van der Waals surface area contributed by atoms with E-state index in [2.05, 4.69) is 0 Å². The smallest absolute Gasteiger partial charge is 0.303 e. The number of carbonyl (C=O) groups excluding carboxylic acids is 5. The van der Waals surface area contributed by atoms with Crippen molar-refractivity contribution in [3.8, 4) is 11.5 Å². The summed E-state index contributed by atoms with van der Waals surface area (Å²) in [4.78, 5) is 59.2. The van der Waals surface area contributed by atoms with Gasteiger partial charge in [-0.1, -0.05) is 6.92 Å². The number of benzene rings is 1. The zero-order valence-electron chi connectivity index (χ0n) is 20.9. The second-order valence-electron chi connectivity index (χ2n) is 7.83. The summed E-state index contributed by atoms with van der Waals surface area (Å²) < 4.78 is 38.3. The largest absolute Gasteiger partial charge is 0.493 e. The lowest BCUT2D eigenvalue weighted by atomic mass is 9.98. The first-order chi connectivity index (χ1) is 17.0. The van der Waals surface area contributed by atoms with Crippen molar-refractivity contribution in [2.24, 2.45) is 0 Å². The molecule has 0 bridgehead atoms. The van der Waals surface area contributed by atoms with Crippen LogP contribution in [-0.4, -0.2) is 74.1 Å². The molecule has 1 aromatic carbocycles. The minimum absolute atomic E-state index is 0.117. The predicted octanol–water partition coefficient (Wildman–Crippen LogP) is 1.75. The van der Waals surface area contributed by atoms with Gasteiger partial charge in [-0.25, -0.2) is 0 Å². The number of carbonyl (C=O) groups is 5. The molecule has 36 heavy (non-hydrogen) atoms. The summed E-state index contributed by atoms with van der Waals surface area (Å²) in [6.07, 6.45) is -6.38. The van der Waals surface area contributed by atoms with Crippen molar-refractivity contribution in [1.82, 2.24) is 0 Å². The van der Waals surface area contributed by atoms with E-state index in [1.165, 1.54) is 32.2 Å². The van der Waals surface area contributed by atoms with Crippen LogP contribution in [0.4, 0.5) is 0 Å². The standard InChI is InChI=1S/C24H30O12/c1-7-17(29)16-8-9-18(19(10-16)30-6)35-24-23(34-15(5)28)22(33-14(4)27)21(32-13(3)26)20(36-24)11-31-12(2)25/h8-10,20-24H,7,11H2,1-6H3/t20-,21-,22+,23-,24+/m1/s1. The highest BCUT2D eigenvalue weighted by Gasteiger charge is 2.53. The average Bonchev–Trinajstić information content (AvgIpc) is 2.80. The average molecular weight is 510 g/mol. The Bertz CT molecular complexity index is 987. The summed E-state index contributed by atoms with van der Waals surface area (Å²) in [7, 11) is 1.37. The lowest BCUT2D eigenvalue weighted by molar-refractivity contribution is -0.288. The topological polar surface area (TPSA) is 150 Å². The summed E-state index contributed by atoms with van der Waals surface area (Å²) in [6.45, 7) is 5.87. The van der Waals surface area contributed by atoms with Gasteiger partial charge < -0.3 is 33.2 Å². The normalized spacial score (nSPS) is 23.1. The number of hydrogen-bond acceptors (Lipinski definition) is 12. The summed E-state index contributed by atoms with van der Waals surface area (Å²) in [5.41, 5.74) is 0.392. The predicted molar refractivity (Wildman–Crippen MR) is 120 cm³/mol. The van der Waals surface area contributed by atoms with E-state index in [1.807, 2.05) is 0 Å². The minimum Gasteiger partial charge on any atom is -0.493 e. The van der Waals surface area contributed by atoms with E-state index in [9.17, 15) is 24.0 Å². The second kappa shape index (κ2) is 12.9. The van der Waals surface area contributed by atoms with Crippen molar-refractivity contribution in [3.05, 3.63) is 23.8 Å². The molecule has 0 radical (unpaired) electrons. The van der Waals surface area contributed by atoms with E-state index in [4.69, 9.17) is 33.2 Å². The molecule has 1 saturated heterocycles. The van der Waals surface area contributed by atoms with E-state index < -0.39 is 61.2 Å². The third-order valence-corrected chi connectivity index (χ3v) is 5.00. The second-order valence-corrected chi connectivity index (χ2v) is 7.83. The highest BCUT2D eigenvalue weighted by Crippen LogP contribution is 2.35. The number of rotatable bonds is 10. The summed E-state index contributed by atoms with van der Waals surface area (Å²) in [6, 6.07) is 4.47. The first-order valence-corrected chi connectivity index (χ1v) is 11.1. The number of hydrogen-bond donors (Lipinski definition) is 0. The van der Waals surface area contributed by atoms with Crippen LogP contribution in [0.25, 0.3) is 0 Å². The van der Waals surface area contributed by atoms with Gasteiger partial charge in [-0.3, -0.25) is 24.0 Å². The van der Waals surface area contributed by atoms with E-state index in [1.54, 1.807) is 6.92 Å². The molecule has 0 aromatic heterocycles. The molecule has 5 atom stereocenters. The molecule has 0 saturated carbocycles. The number of ketones is 1. The Morgan fingerprint density at radius 1 is 0.806 bits per heavy atom. The van der Waals surface area contributed by atoms with Crippen LogP contribution in [0.3, 0.4) is 0 Å². The maximum absolute atomic E-state index is 12.1. The Morgan fingerprint density at radius 2 is 1.39 bits per heavy atom. The fraction of sp³-hybridized carbons (Fsp3) is 0.542. The number of methoxy groups -OCH3 is 1. The van der Waals surface area contributed by atoms with Crippen molar-refractivity contribution >= 4 is 29.7 Å². The van der Waals surface area contributed by atoms with Crippen molar-refractivity contribution in [1.29, 1.82) is 0 Å². The van der Waals surface area contributed by atoms with Crippen molar-refractivity contribution in [2.75, 3.05) is 13.7 Å². The van der Waals surface area contributed by atoms with E-state index in [0.717, 1.165) is 20.8 Å².